The molecule has 1 unspecified atom stereocenters. The van der Waals surface area contributed by atoms with E-state index in [0.29, 0.717) is 12.1 Å². The molecular formula is C40H62N5O8P. The summed E-state index contributed by atoms with van der Waals surface area (Å²) in [6, 6.07) is 14.9. The van der Waals surface area contributed by atoms with Crippen LogP contribution in [0.5, 0.6) is 0 Å². The third-order valence-electron chi connectivity index (χ3n) is 9.96. The molecule has 300 valence electrons. The van der Waals surface area contributed by atoms with E-state index >= 15 is 0 Å². The molecule has 4 rings (SSSR count). The highest BCUT2D eigenvalue weighted by Crippen LogP contribution is 2.46. The standard InChI is InChI=1S/C40H62N5O8P/c1-2-3-4-5-6-7-8-9-10-11-12-13-14-15-16-20-25-49-28-35(50-27-33-21-18-17-19-22-33)30-52-54(47,48)51-29-34-26-38(46)40(31-41,53-34)37-24-23-36-39(42)43-32-44-45(36)37/h17-19,21-24,32,34-35,38,46H,2-16,20,25-30H2,1H3,(H,47,48)(H2,42,43,44)/t34-,35+,38+,40-/m0/s1. The van der Waals surface area contributed by atoms with E-state index in [1.54, 1.807) is 12.1 Å². The molecule has 4 N–H and O–H groups in total. The molecule has 2 aromatic heterocycles. The van der Waals surface area contributed by atoms with Crippen molar-refractivity contribution < 1.29 is 37.8 Å². The van der Waals surface area contributed by atoms with Gasteiger partial charge in [-0.1, -0.05) is 134 Å². The minimum Gasteiger partial charge on any atom is -0.388 e. The number of phosphoric acid groups is 1. The van der Waals surface area contributed by atoms with Crippen LogP contribution in [-0.4, -0.2) is 69.3 Å². The summed E-state index contributed by atoms with van der Waals surface area (Å²) in [6.45, 7) is 2.65. The van der Waals surface area contributed by atoms with Gasteiger partial charge in [-0.2, -0.15) is 10.4 Å². The Labute approximate surface area is 321 Å². The van der Waals surface area contributed by atoms with Crippen molar-refractivity contribution in [3.63, 3.8) is 0 Å². The highest BCUT2D eigenvalue weighted by atomic mass is 31.2. The summed E-state index contributed by atoms with van der Waals surface area (Å²) in [7, 11) is -4.57. The average molecular weight is 772 g/mol. The fraction of sp³-hybridized carbons (Fsp3) is 0.675. The maximum atomic E-state index is 12.9. The molecule has 0 spiro atoms. The number of nitrogens with two attached hydrogens (primary N) is 1. The van der Waals surface area contributed by atoms with E-state index in [2.05, 4.69) is 23.1 Å². The highest BCUT2D eigenvalue weighted by Gasteiger charge is 2.52. The summed E-state index contributed by atoms with van der Waals surface area (Å²) in [6.07, 6.45) is 19.2. The molecule has 1 saturated heterocycles. The zero-order chi connectivity index (χ0) is 38.5. The SMILES string of the molecule is CCCCCCCCCCCCCCCCCCOC[C@H](COP(=O)(O)OC[C@@H]1C[C@@H](O)[C@](C#N)(c2ccc3c(N)ncnn23)O1)OCc1ccccc1. The van der Waals surface area contributed by atoms with Crippen molar-refractivity contribution in [2.24, 2.45) is 0 Å². The first-order valence-corrected chi connectivity index (χ1v) is 21.5. The van der Waals surface area contributed by atoms with Gasteiger partial charge in [0.25, 0.3) is 0 Å². The fourth-order valence-electron chi connectivity index (χ4n) is 6.82. The topological polar surface area (TPSA) is 184 Å². The Balaban J connectivity index is 1.13. The van der Waals surface area contributed by atoms with E-state index in [9.17, 15) is 19.8 Å². The molecule has 1 aromatic carbocycles. The molecule has 54 heavy (non-hydrogen) atoms. The quantitative estimate of drug-likeness (QED) is 0.0455. The number of unbranched alkanes of at least 4 members (excludes halogenated alkanes) is 15. The van der Waals surface area contributed by atoms with Crippen LogP contribution in [-0.2, 0) is 40.0 Å². The zero-order valence-electron chi connectivity index (χ0n) is 32.1. The Bertz CT molecular complexity index is 1570. The highest BCUT2D eigenvalue weighted by molar-refractivity contribution is 7.47. The van der Waals surface area contributed by atoms with Gasteiger partial charge in [-0.25, -0.2) is 14.1 Å². The molecule has 5 atom stereocenters. The van der Waals surface area contributed by atoms with Crippen LogP contribution >= 0.6 is 7.82 Å². The minimum atomic E-state index is -4.57. The molecule has 0 amide bonds. The van der Waals surface area contributed by atoms with Crippen LogP contribution < -0.4 is 5.73 Å². The van der Waals surface area contributed by atoms with Crippen molar-refractivity contribution in [1.82, 2.24) is 14.6 Å². The summed E-state index contributed by atoms with van der Waals surface area (Å²) >= 11 is 0. The number of nitrogens with zero attached hydrogens (tertiary/aromatic N) is 4. The molecule has 3 heterocycles. The molecule has 13 nitrogen and oxygen atoms in total. The third-order valence-corrected chi connectivity index (χ3v) is 10.9. The monoisotopic (exact) mass is 771 g/mol. The number of nitrogen functional groups attached to an aromatic ring is 1. The van der Waals surface area contributed by atoms with Crippen LogP contribution in [0.2, 0.25) is 0 Å². The summed E-state index contributed by atoms with van der Waals surface area (Å²) in [5, 5.41) is 25.2. The largest absolute Gasteiger partial charge is 0.472 e. The van der Waals surface area contributed by atoms with E-state index in [4.69, 9.17) is 29.0 Å². The second kappa shape index (κ2) is 23.9. The third kappa shape index (κ3) is 14.3. The summed E-state index contributed by atoms with van der Waals surface area (Å²) in [5.74, 6) is 0.201. The summed E-state index contributed by atoms with van der Waals surface area (Å²) in [5.41, 5.74) is 5.78. The first-order valence-electron chi connectivity index (χ1n) is 20.0. The average Bonchev–Trinajstić information content (AvgIpc) is 3.76. The number of aromatic nitrogens is 3. The van der Waals surface area contributed by atoms with E-state index in [1.165, 1.54) is 101 Å². The summed E-state index contributed by atoms with van der Waals surface area (Å²) in [4.78, 5) is 14.5. The minimum absolute atomic E-state index is 0.0304. The number of fused-ring (bicyclic) bond motifs is 1. The number of hydrogen-bond donors (Lipinski definition) is 3. The number of aliphatic hydroxyl groups excluding tert-OH is 1. The van der Waals surface area contributed by atoms with Crippen molar-refractivity contribution >= 4 is 19.2 Å². The predicted molar refractivity (Wildman–Crippen MR) is 207 cm³/mol. The number of rotatable bonds is 29. The Morgan fingerprint density at radius 1 is 0.944 bits per heavy atom. The second-order valence-electron chi connectivity index (χ2n) is 14.4. The first-order chi connectivity index (χ1) is 26.3. The van der Waals surface area contributed by atoms with Crippen LogP contribution in [0.1, 0.15) is 127 Å². The van der Waals surface area contributed by atoms with Crippen molar-refractivity contribution in [1.29, 1.82) is 5.26 Å². The molecule has 0 saturated carbocycles. The van der Waals surface area contributed by atoms with E-state index < -0.39 is 38.3 Å². The van der Waals surface area contributed by atoms with Crippen LogP contribution in [0.15, 0.2) is 48.8 Å². The smallest absolute Gasteiger partial charge is 0.388 e. The first kappa shape index (κ1) is 43.8. The van der Waals surface area contributed by atoms with E-state index in [0.717, 1.165) is 18.4 Å². The Kier molecular flexibility index (Phi) is 19.4. The molecule has 0 radical (unpaired) electrons. The number of hydrogen-bond acceptors (Lipinski definition) is 11. The molecule has 0 bridgehead atoms. The van der Waals surface area contributed by atoms with Crippen LogP contribution in [0.4, 0.5) is 5.82 Å². The van der Waals surface area contributed by atoms with Gasteiger partial charge in [-0.15, -0.1) is 0 Å². The van der Waals surface area contributed by atoms with Crippen LogP contribution in [0, 0.1) is 11.3 Å². The molecule has 1 aliphatic heterocycles. The van der Waals surface area contributed by atoms with Crippen molar-refractivity contribution in [2.45, 2.75) is 147 Å². The van der Waals surface area contributed by atoms with Crippen LogP contribution in [0.25, 0.3) is 5.52 Å². The van der Waals surface area contributed by atoms with Gasteiger partial charge in [0.15, 0.2) is 5.82 Å². The number of aliphatic hydroxyl groups is 1. The Hall–Kier alpha value is -2.92. The number of anilines is 1. The molecule has 0 aliphatic carbocycles. The molecular weight excluding hydrogens is 709 g/mol. The van der Waals surface area contributed by atoms with Crippen LogP contribution in [0.3, 0.4) is 0 Å². The van der Waals surface area contributed by atoms with Gasteiger partial charge in [-0.3, -0.25) is 9.05 Å². The van der Waals surface area contributed by atoms with Gasteiger partial charge in [-0.05, 0) is 24.1 Å². The van der Waals surface area contributed by atoms with Gasteiger partial charge in [0.05, 0.1) is 38.2 Å². The lowest BCUT2D eigenvalue weighted by Crippen LogP contribution is -2.36. The van der Waals surface area contributed by atoms with Gasteiger partial charge in [0.2, 0.25) is 5.60 Å². The Morgan fingerprint density at radius 2 is 1.57 bits per heavy atom. The summed E-state index contributed by atoms with van der Waals surface area (Å²) < 4.78 is 42.8. The Morgan fingerprint density at radius 3 is 2.20 bits per heavy atom. The lowest BCUT2D eigenvalue weighted by atomic mass is 9.94. The number of ether oxygens (including phenoxy) is 3. The van der Waals surface area contributed by atoms with Crippen molar-refractivity contribution in [2.75, 3.05) is 32.2 Å². The molecule has 3 aromatic rings. The lowest BCUT2D eigenvalue weighted by Gasteiger charge is -2.24. The molecule has 14 heteroatoms. The molecule has 1 fully saturated rings. The number of phosphoric ester groups is 1. The zero-order valence-corrected chi connectivity index (χ0v) is 33.0. The fourth-order valence-corrected chi connectivity index (χ4v) is 7.61. The maximum absolute atomic E-state index is 12.9. The van der Waals surface area contributed by atoms with Gasteiger partial charge in [0.1, 0.15) is 30.1 Å². The molecule has 1 aliphatic rings. The van der Waals surface area contributed by atoms with E-state index in [1.807, 2.05) is 30.3 Å². The van der Waals surface area contributed by atoms with Gasteiger partial charge >= 0.3 is 7.82 Å². The maximum Gasteiger partial charge on any atom is 0.472 e. The lowest BCUT2D eigenvalue weighted by molar-refractivity contribution is -0.0674. The van der Waals surface area contributed by atoms with Gasteiger partial charge in [0, 0.05) is 13.0 Å². The number of benzene rings is 1. The second-order valence-corrected chi connectivity index (χ2v) is 15.8. The van der Waals surface area contributed by atoms with E-state index in [-0.39, 0.29) is 37.8 Å². The van der Waals surface area contributed by atoms with Gasteiger partial charge < -0.3 is 29.9 Å². The number of nitriles is 1. The van der Waals surface area contributed by atoms with Crippen molar-refractivity contribution in [3.8, 4) is 6.07 Å². The van der Waals surface area contributed by atoms with Crippen molar-refractivity contribution in [3.05, 3.63) is 60.0 Å². The normalized spacial score (nSPS) is 20.3. The predicted octanol–water partition coefficient (Wildman–Crippen LogP) is 8.18.